The smallest absolute Gasteiger partial charge is 0.457 e. The van der Waals surface area contributed by atoms with Crippen molar-refractivity contribution in [2.45, 2.75) is 187 Å². The number of aliphatic hydroxyl groups excluding tert-OH is 2. The first-order chi connectivity index (χ1) is 30.8. The van der Waals surface area contributed by atoms with E-state index in [1.165, 1.54) is 51.4 Å². The summed E-state index contributed by atoms with van der Waals surface area (Å²) in [5.74, 6) is -0.410. The van der Waals surface area contributed by atoms with Gasteiger partial charge in [0, 0.05) is 13.0 Å². The Morgan fingerprint density at radius 1 is 0.508 bits per heavy atom. The molecule has 9 nitrogen and oxygen atoms in total. The van der Waals surface area contributed by atoms with E-state index in [1.807, 2.05) is 0 Å². The Morgan fingerprint density at radius 3 is 1.37 bits per heavy atom. The summed E-state index contributed by atoms with van der Waals surface area (Å²) in [5.41, 5.74) is 0. The number of phosphoric acid groups is 1. The van der Waals surface area contributed by atoms with E-state index in [1.54, 1.807) is 0 Å². The van der Waals surface area contributed by atoms with E-state index >= 15 is 0 Å². The van der Waals surface area contributed by atoms with E-state index in [0.717, 1.165) is 96.3 Å². The average molecular weight is 901 g/mol. The van der Waals surface area contributed by atoms with Crippen LogP contribution in [0.15, 0.2) is 109 Å². The van der Waals surface area contributed by atoms with Crippen molar-refractivity contribution in [1.82, 2.24) is 0 Å². The number of unbranched alkanes of at least 4 members (excludes halogenated alkanes) is 13. The van der Waals surface area contributed by atoms with Gasteiger partial charge in [-0.2, -0.15) is 0 Å². The summed E-state index contributed by atoms with van der Waals surface area (Å²) in [4.78, 5) is 22.7. The maximum Gasteiger partial charge on any atom is 0.472 e. The Hall–Kier alpha value is -2.88. The second-order valence-electron chi connectivity index (χ2n) is 15.7. The van der Waals surface area contributed by atoms with Crippen LogP contribution in [-0.2, 0) is 27.9 Å². The molecule has 0 aromatic rings. The zero-order chi connectivity index (χ0) is 46.0. The fourth-order valence-corrected chi connectivity index (χ4v) is 6.80. The summed E-state index contributed by atoms with van der Waals surface area (Å²) < 4.78 is 33.4. The van der Waals surface area contributed by atoms with E-state index in [9.17, 15) is 19.4 Å². The zero-order valence-corrected chi connectivity index (χ0v) is 40.4. The number of ether oxygens (including phenoxy) is 2. The van der Waals surface area contributed by atoms with Gasteiger partial charge >= 0.3 is 13.8 Å². The van der Waals surface area contributed by atoms with Gasteiger partial charge in [0.05, 0.1) is 26.4 Å². The van der Waals surface area contributed by atoms with Gasteiger partial charge in [0.1, 0.15) is 12.2 Å². The minimum atomic E-state index is -4.55. The van der Waals surface area contributed by atoms with Crippen molar-refractivity contribution in [3.63, 3.8) is 0 Å². The van der Waals surface area contributed by atoms with Crippen molar-refractivity contribution >= 4 is 13.8 Å². The largest absolute Gasteiger partial charge is 0.472 e. The fourth-order valence-electron chi connectivity index (χ4n) is 6.01. The molecule has 0 aromatic heterocycles. The summed E-state index contributed by atoms with van der Waals surface area (Å²) in [7, 11) is -4.55. The average Bonchev–Trinajstić information content (AvgIpc) is 3.28. The van der Waals surface area contributed by atoms with Gasteiger partial charge in [0.2, 0.25) is 0 Å². The normalized spacial score (nSPS) is 14.8. The van der Waals surface area contributed by atoms with Crippen molar-refractivity contribution < 1.29 is 43.0 Å². The van der Waals surface area contributed by atoms with Crippen molar-refractivity contribution in [3.8, 4) is 0 Å². The highest BCUT2D eigenvalue weighted by Crippen LogP contribution is 2.43. The van der Waals surface area contributed by atoms with Crippen LogP contribution in [0.4, 0.5) is 0 Å². The highest BCUT2D eigenvalue weighted by Gasteiger charge is 2.26. The molecular formula is C53H89O9P. The number of esters is 1. The fraction of sp³-hybridized carbons (Fsp3) is 0.642. The molecule has 0 saturated carbocycles. The summed E-state index contributed by atoms with van der Waals surface area (Å²) in [6, 6.07) is 0. The Labute approximate surface area is 384 Å². The van der Waals surface area contributed by atoms with Gasteiger partial charge in [-0.05, 0) is 103 Å². The lowest BCUT2D eigenvalue weighted by atomic mass is 10.1. The number of hydrogen-bond donors (Lipinski definition) is 3. The molecule has 0 saturated heterocycles. The second-order valence-corrected chi connectivity index (χ2v) is 17.2. The van der Waals surface area contributed by atoms with Gasteiger partial charge in [0.25, 0.3) is 0 Å². The molecule has 0 heterocycles. The number of carbonyl (C=O) groups excluding carboxylic acids is 1. The highest BCUT2D eigenvalue weighted by molar-refractivity contribution is 7.47. The number of rotatable bonds is 45. The summed E-state index contributed by atoms with van der Waals surface area (Å²) >= 11 is 0. The Kier molecular flexibility index (Phi) is 46.4. The molecule has 0 radical (unpaired) electrons. The quantitative estimate of drug-likeness (QED) is 0.0236. The standard InChI is InChI=1S/C53H89O9P/c1-3-5-7-9-11-13-15-17-19-21-23-24-25-26-27-28-30-32-34-36-38-40-42-44-46-59-49-52(50-61-63(57,58)60-48-51(55)47-54)62-53(56)45-43-41-39-37-35-33-31-29-22-20-18-16-14-12-10-8-6-4-2/h5,7,11,13-14,16-17,19-20,22-24,26-27,30,32,36,38,51-52,54-55H,3-4,6,8-10,12,15,18,21,25,28-29,31,33-35,37,39-50H2,1-2H3,(H,57,58)/b7-5-,13-11-,16-14-,19-17-,22-20-,24-23-,27-26-,32-30-,38-36-. The Morgan fingerprint density at radius 2 is 0.905 bits per heavy atom. The van der Waals surface area contributed by atoms with Gasteiger partial charge < -0.3 is 24.6 Å². The third-order valence-corrected chi connectivity index (χ3v) is 10.6. The molecule has 3 atom stereocenters. The number of hydrogen-bond acceptors (Lipinski definition) is 8. The zero-order valence-electron chi connectivity index (χ0n) is 39.5. The summed E-state index contributed by atoms with van der Waals surface area (Å²) in [6.07, 6.45) is 63.4. The minimum Gasteiger partial charge on any atom is -0.457 e. The first-order valence-corrected chi connectivity index (χ1v) is 25.9. The Bertz CT molecular complexity index is 1340. The van der Waals surface area contributed by atoms with Crippen LogP contribution in [0.1, 0.15) is 174 Å². The molecule has 0 rings (SSSR count). The molecule has 0 aliphatic carbocycles. The van der Waals surface area contributed by atoms with Gasteiger partial charge in [-0.3, -0.25) is 13.8 Å². The number of aliphatic hydroxyl groups is 2. The van der Waals surface area contributed by atoms with Crippen molar-refractivity contribution in [2.24, 2.45) is 0 Å². The van der Waals surface area contributed by atoms with Crippen LogP contribution in [0.3, 0.4) is 0 Å². The van der Waals surface area contributed by atoms with E-state index in [2.05, 4.69) is 123 Å². The summed E-state index contributed by atoms with van der Waals surface area (Å²) in [5, 5.41) is 18.4. The first kappa shape index (κ1) is 60.1. The number of phosphoric ester groups is 1. The molecule has 0 aliphatic rings. The predicted octanol–water partition coefficient (Wildman–Crippen LogP) is 14.2. The molecule has 0 aliphatic heterocycles. The Balaban J connectivity index is 4.25. The molecule has 0 fully saturated rings. The van der Waals surface area contributed by atoms with Crippen LogP contribution in [0.5, 0.6) is 0 Å². The monoisotopic (exact) mass is 901 g/mol. The lowest BCUT2D eigenvalue weighted by Gasteiger charge is -2.20. The minimum absolute atomic E-state index is 0.00847. The van der Waals surface area contributed by atoms with Gasteiger partial charge in [-0.15, -0.1) is 0 Å². The van der Waals surface area contributed by atoms with Gasteiger partial charge in [0.15, 0.2) is 0 Å². The van der Waals surface area contributed by atoms with Crippen LogP contribution >= 0.6 is 7.82 Å². The molecule has 10 heteroatoms. The van der Waals surface area contributed by atoms with E-state index in [-0.39, 0.29) is 13.0 Å². The molecule has 63 heavy (non-hydrogen) atoms. The van der Waals surface area contributed by atoms with Gasteiger partial charge in [-0.1, -0.05) is 175 Å². The molecular weight excluding hydrogens is 812 g/mol. The molecule has 0 aromatic carbocycles. The second kappa shape index (κ2) is 48.6. The van der Waals surface area contributed by atoms with Crippen molar-refractivity contribution in [3.05, 3.63) is 109 Å². The number of allylic oxidation sites excluding steroid dienone is 18. The van der Waals surface area contributed by atoms with Crippen LogP contribution in [0.2, 0.25) is 0 Å². The van der Waals surface area contributed by atoms with E-state index in [4.69, 9.17) is 23.6 Å². The number of carbonyl (C=O) groups is 1. The van der Waals surface area contributed by atoms with Crippen molar-refractivity contribution in [1.29, 1.82) is 0 Å². The third kappa shape index (κ3) is 48.4. The maximum absolute atomic E-state index is 12.7. The molecule has 0 bridgehead atoms. The van der Waals surface area contributed by atoms with E-state index < -0.39 is 45.8 Å². The molecule has 360 valence electrons. The highest BCUT2D eigenvalue weighted by atomic mass is 31.2. The van der Waals surface area contributed by atoms with Crippen molar-refractivity contribution in [2.75, 3.05) is 33.0 Å². The van der Waals surface area contributed by atoms with Gasteiger partial charge in [-0.25, -0.2) is 4.57 Å². The maximum atomic E-state index is 12.7. The molecule has 0 amide bonds. The van der Waals surface area contributed by atoms with Crippen LogP contribution in [0, 0.1) is 0 Å². The summed E-state index contributed by atoms with van der Waals surface area (Å²) in [6.45, 7) is 3.24. The van der Waals surface area contributed by atoms with E-state index in [0.29, 0.717) is 13.0 Å². The van der Waals surface area contributed by atoms with Crippen LogP contribution in [-0.4, -0.2) is 66.3 Å². The lowest BCUT2D eigenvalue weighted by molar-refractivity contribution is -0.154. The topological polar surface area (TPSA) is 132 Å². The third-order valence-electron chi connectivity index (χ3n) is 9.69. The van der Waals surface area contributed by atoms with Crippen LogP contribution in [0.25, 0.3) is 0 Å². The SMILES string of the molecule is CC/C=C\C/C=C\C/C=C\C/C=C\C/C=C\C/C=C\C/C=C\CCCCOCC(COP(=O)(O)OCC(O)CO)OC(=O)CCCCCCCCC/C=C\C/C=C\CCCCCC. The lowest BCUT2D eigenvalue weighted by Crippen LogP contribution is -2.29. The first-order valence-electron chi connectivity index (χ1n) is 24.4. The van der Waals surface area contributed by atoms with Crippen LogP contribution < -0.4 is 0 Å². The predicted molar refractivity (Wildman–Crippen MR) is 265 cm³/mol. The molecule has 0 spiro atoms. The molecule has 3 unspecified atom stereocenters. The molecule has 3 N–H and O–H groups in total.